The van der Waals surface area contributed by atoms with Crippen molar-refractivity contribution in [3.8, 4) is 17.1 Å². The molecule has 2 aromatic heterocycles. The highest BCUT2D eigenvalue weighted by Crippen LogP contribution is 2.26. The standard InChI is InChI=1S/C21H16BrN3O3S/c1-11-8-14(9-12(2)18(11)28-13(3)26)10-17-20(27)25-21(29-17)23-19(24-25)15-6-4-5-7-16(15)22/h4-10H,1-3H3. The Hall–Kier alpha value is -2.84. The van der Waals surface area contributed by atoms with E-state index >= 15 is 0 Å². The maximum Gasteiger partial charge on any atom is 0.308 e. The lowest BCUT2D eigenvalue weighted by Gasteiger charge is -2.10. The van der Waals surface area contributed by atoms with Gasteiger partial charge in [-0.15, -0.1) is 5.10 Å². The van der Waals surface area contributed by atoms with Crippen molar-refractivity contribution in [1.82, 2.24) is 14.6 Å². The summed E-state index contributed by atoms with van der Waals surface area (Å²) in [4.78, 5) is 29.1. The molecule has 0 spiro atoms. The van der Waals surface area contributed by atoms with Crippen LogP contribution in [-0.2, 0) is 4.79 Å². The molecule has 0 atom stereocenters. The maximum atomic E-state index is 12.8. The van der Waals surface area contributed by atoms with Gasteiger partial charge in [0.15, 0.2) is 5.82 Å². The molecule has 8 heteroatoms. The number of aromatic nitrogens is 3. The van der Waals surface area contributed by atoms with E-state index in [9.17, 15) is 9.59 Å². The number of ether oxygens (including phenoxy) is 1. The predicted octanol–water partition coefficient (Wildman–Crippen LogP) is 3.67. The van der Waals surface area contributed by atoms with Crippen molar-refractivity contribution >= 4 is 44.3 Å². The Morgan fingerprint density at radius 3 is 2.52 bits per heavy atom. The summed E-state index contributed by atoms with van der Waals surface area (Å²) in [5.41, 5.74) is 3.13. The van der Waals surface area contributed by atoms with Gasteiger partial charge in [0.2, 0.25) is 4.96 Å². The van der Waals surface area contributed by atoms with E-state index < -0.39 is 0 Å². The number of carbonyl (C=O) groups is 1. The van der Waals surface area contributed by atoms with E-state index in [0.717, 1.165) is 26.7 Å². The van der Waals surface area contributed by atoms with Crippen molar-refractivity contribution in [3.63, 3.8) is 0 Å². The highest BCUT2D eigenvalue weighted by atomic mass is 79.9. The van der Waals surface area contributed by atoms with Gasteiger partial charge in [-0.05, 0) is 60.9 Å². The monoisotopic (exact) mass is 469 g/mol. The fourth-order valence-electron chi connectivity index (χ4n) is 3.11. The normalized spacial score (nSPS) is 11.9. The molecular weight excluding hydrogens is 454 g/mol. The topological polar surface area (TPSA) is 73.6 Å². The zero-order valence-electron chi connectivity index (χ0n) is 15.9. The molecule has 0 saturated heterocycles. The Balaban J connectivity index is 1.77. The number of nitrogens with zero attached hydrogens (tertiary/aromatic N) is 3. The number of carbonyl (C=O) groups excluding carboxylic acids is 1. The lowest BCUT2D eigenvalue weighted by molar-refractivity contribution is -0.131. The van der Waals surface area contributed by atoms with Crippen molar-refractivity contribution < 1.29 is 9.53 Å². The minimum atomic E-state index is -0.360. The quantitative estimate of drug-likeness (QED) is 0.338. The smallest absolute Gasteiger partial charge is 0.308 e. The molecule has 6 nitrogen and oxygen atoms in total. The Morgan fingerprint density at radius 1 is 1.21 bits per heavy atom. The largest absolute Gasteiger partial charge is 0.426 e. The van der Waals surface area contributed by atoms with Crippen LogP contribution in [0.25, 0.3) is 22.4 Å². The van der Waals surface area contributed by atoms with E-state index in [1.165, 1.54) is 22.8 Å². The first kappa shape index (κ1) is 19.5. The predicted molar refractivity (Wildman–Crippen MR) is 116 cm³/mol. The van der Waals surface area contributed by atoms with Crippen molar-refractivity contribution in [2.45, 2.75) is 20.8 Å². The zero-order valence-corrected chi connectivity index (χ0v) is 18.3. The SMILES string of the molecule is CC(=O)Oc1c(C)cc(C=c2sc3nc(-c4ccccc4Br)nn3c2=O)cc1C. The van der Waals surface area contributed by atoms with Gasteiger partial charge in [0.25, 0.3) is 5.56 Å². The number of hydrogen-bond donors (Lipinski definition) is 0. The van der Waals surface area contributed by atoms with Gasteiger partial charge in [0.05, 0.1) is 4.53 Å². The first-order valence-corrected chi connectivity index (χ1v) is 10.4. The van der Waals surface area contributed by atoms with Gasteiger partial charge < -0.3 is 4.74 Å². The summed E-state index contributed by atoms with van der Waals surface area (Å²) in [7, 11) is 0. The molecule has 0 radical (unpaired) electrons. The minimum absolute atomic E-state index is 0.213. The van der Waals surface area contributed by atoms with Crippen LogP contribution in [-0.4, -0.2) is 20.6 Å². The van der Waals surface area contributed by atoms with E-state index in [4.69, 9.17) is 4.74 Å². The molecule has 2 heterocycles. The van der Waals surface area contributed by atoms with Crippen LogP contribution in [0.4, 0.5) is 0 Å². The lowest BCUT2D eigenvalue weighted by Crippen LogP contribution is -2.23. The van der Waals surface area contributed by atoms with Crippen LogP contribution >= 0.6 is 27.3 Å². The molecule has 4 aromatic rings. The molecule has 4 rings (SSSR count). The Bertz CT molecular complexity index is 1350. The van der Waals surface area contributed by atoms with Crippen molar-refractivity contribution in [2.24, 2.45) is 0 Å². The number of hydrogen-bond acceptors (Lipinski definition) is 6. The highest BCUT2D eigenvalue weighted by Gasteiger charge is 2.14. The molecule has 0 bridgehead atoms. The average molecular weight is 470 g/mol. The molecule has 0 aliphatic heterocycles. The van der Waals surface area contributed by atoms with Gasteiger partial charge in [0.1, 0.15) is 5.75 Å². The van der Waals surface area contributed by atoms with Crippen LogP contribution < -0.4 is 14.8 Å². The minimum Gasteiger partial charge on any atom is -0.426 e. The zero-order chi connectivity index (χ0) is 20.7. The third-order valence-corrected chi connectivity index (χ3v) is 5.97. The highest BCUT2D eigenvalue weighted by molar-refractivity contribution is 9.10. The van der Waals surface area contributed by atoms with E-state index in [1.54, 1.807) is 6.08 Å². The Labute approximate surface area is 178 Å². The summed E-state index contributed by atoms with van der Waals surface area (Å²) in [6.07, 6.45) is 1.80. The summed E-state index contributed by atoms with van der Waals surface area (Å²) in [6.45, 7) is 5.11. The first-order valence-electron chi connectivity index (χ1n) is 8.79. The van der Waals surface area contributed by atoms with Crippen LogP contribution in [0, 0.1) is 13.8 Å². The summed E-state index contributed by atoms with van der Waals surface area (Å²) in [5.74, 6) is 0.698. The summed E-state index contributed by atoms with van der Waals surface area (Å²) >= 11 is 4.78. The lowest BCUT2D eigenvalue weighted by atomic mass is 10.1. The van der Waals surface area contributed by atoms with E-state index in [2.05, 4.69) is 26.0 Å². The van der Waals surface area contributed by atoms with Crippen molar-refractivity contribution in [2.75, 3.05) is 0 Å². The van der Waals surface area contributed by atoms with Crippen LogP contribution in [0.1, 0.15) is 23.6 Å². The Kier molecular flexibility index (Phi) is 5.06. The summed E-state index contributed by atoms with van der Waals surface area (Å²) in [6, 6.07) is 11.4. The van der Waals surface area contributed by atoms with Gasteiger partial charge in [-0.25, -0.2) is 0 Å². The first-order chi connectivity index (χ1) is 13.8. The summed E-state index contributed by atoms with van der Waals surface area (Å²) < 4.78 is 8.01. The molecule has 0 aliphatic carbocycles. The van der Waals surface area contributed by atoms with E-state index in [-0.39, 0.29) is 11.5 Å². The number of aryl methyl sites for hydroxylation is 2. The molecule has 0 aliphatic rings. The van der Waals surface area contributed by atoms with E-state index in [1.807, 2.05) is 50.2 Å². The molecule has 0 saturated carbocycles. The van der Waals surface area contributed by atoms with Crippen molar-refractivity contribution in [1.29, 1.82) is 0 Å². The average Bonchev–Trinajstić information content (AvgIpc) is 3.18. The molecule has 2 aromatic carbocycles. The van der Waals surface area contributed by atoms with Crippen molar-refractivity contribution in [3.05, 3.63) is 72.4 Å². The number of halogens is 1. The van der Waals surface area contributed by atoms with Gasteiger partial charge in [-0.1, -0.05) is 39.4 Å². The number of thiazole rings is 1. The number of esters is 1. The summed E-state index contributed by atoms with van der Waals surface area (Å²) in [5, 5.41) is 4.38. The number of rotatable bonds is 3. The second kappa shape index (κ2) is 7.53. The van der Waals surface area contributed by atoms with Crippen LogP contribution in [0.5, 0.6) is 5.75 Å². The van der Waals surface area contributed by atoms with E-state index in [0.29, 0.717) is 21.1 Å². The third kappa shape index (κ3) is 3.73. The fourth-order valence-corrected chi connectivity index (χ4v) is 4.48. The van der Waals surface area contributed by atoms with Gasteiger partial charge in [-0.3, -0.25) is 9.59 Å². The number of benzene rings is 2. The molecular formula is C21H16BrN3O3S. The maximum absolute atomic E-state index is 12.8. The van der Waals surface area contributed by atoms with Crippen LogP contribution in [0.15, 0.2) is 45.7 Å². The van der Waals surface area contributed by atoms with Gasteiger partial charge >= 0.3 is 5.97 Å². The van der Waals surface area contributed by atoms with Crippen LogP contribution in [0.3, 0.4) is 0 Å². The molecule has 0 amide bonds. The molecule has 0 N–H and O–H groups in total. The molecule has 146 valence electrons. The molecule has 29 heavy (non-hydrogen) atoms. The van der Waals surface area contributed by atoms with Gasteiger partial charge in [0, 0.05) is 17.0 Å². The Morgan fingerprint density at radius 2 is 1.90 bits per heavy atom. The van der Waals surface area contributed by atoms with Gasteiger partial charge in [-0.2, -0.15) is 9.50 Å². The molecule has 0 fully saturated rings. The second-order valence-electron chi connectivity index (χ2n) is 6.60. The molecule has 0 unspecified atom stereocenters. The fraction of sp³-hybridized carbons (Fsp3) is 0.143. The number of fused-ring (bicyclic) bond motifs is 1. The second-order valence-corrected chi connectivity index (χ2v) is 8.47. The third-order valence-electron chi connectivity index (χ3n) is 4.32. The van der Waals surface area contributed by atoms with Crippen LogP contribution in [0.2, 0.25) is 0 Å².